The summed E-state index contributed by atoms with van der Waals surface area (Å²) in [6.07, 6.45) is 0. The second-order valence-corrected chi connectivity index (χ2v) is 4.53. The van der Waals surface area contributed by atoms with Gasteiger partial charge in [-0.2, -0.15) is 0 Å². The Morgan fingerprint density at radius 1 is 0.952 bits per heavy atom. The van der Waals surface area contributed by atoms with Crippen LogP contribution in [0.25, 0.3) is 0 Å². The van der Waals surface area contributed by atoms with E-state index in [1.54, 1.807) is 36.4 Å². The summed E-state index contributed by atoms with van der Waals surface area (Å²) in [6, 6.07) is 12.8. The van der Waals surface area contributed by atoms with Gasteiger partial charge in [0.1, 0.15) is 5.75 Å². The molecular weight excluding hydrogens is 270 g/mol. The fraction of sp³-hybridized carbons (Fsp3) is 0.0625. The summed E-state index contributed by atoms with van der Waals surface area (Å²) >= 11 is 0. The lowest BCUT2D eigenvalue weighted by atomic mass is 10.1. The van der Waals surface area contributed by atoms with Crippen molar-refractivity contribution in [2.75, 3.05) is 7.11 Å². The third kappa shape index (κ3) is 1.99. The summed E-state index contributed by atoms with van der Waals surface area (Å²) < 4.78 is 5.04. The van der Waals surface area contributed by atoms with Crippen molar-refractivity contribution in [1.82, 2.24) is 4.90 Å². The summed E-state index contributed by atoms with van der Waals surface area (Å²) in [6.45, 7) is 0. The average Bonchev–Trinajstić information content (AvgIpc) is 2.78. The fourth-order valence-electron chi connectivity index (χ4n) is 2.24. The number of fused-ring (bicyclic) bond motifs is 1. The van der Waals surface area contributed by atoms with Crippen LogP contribution in [-0.4, -0.2) is 29.7 Å². The van der Waals surface area contributed by atoms with Crippen LogP contribution in [-0.2, 0) is 0 Å². The Hall–Kier alpha value is -2.95. The van der Waals surface area contributed by atoms with Crippen molar-refractivity contribution in [3.05, 3.63) is 65.2 Å². The molecule has 1 aliphatic rings. The molecule has 0 atom stereocenters. The summed E-state index contributed by atoms with van der Waals surface area (Å²) in [5.41, 5.74) is 0.688. The highest BCUT2D eigenvalue weighted by Gasteiger charge is 2.40. The van der Waals surface area contributed by atoms with Gasteiger partial charge in [0.05, 0.1) is 18.2 Å². The van der Waals surface area contributed by atoms with Crippen LogP contribution in [0.3, 0.4) is 0 Å². The zero-order valence-electron chi connectivity index (χ0n) is 11.2. The molecule has 0 fully saturated rings. The maximum Gasteiger partial charge on any atom is 0.268 e. The van der Waals surface area contributed by atoms with Gasteiger partial charge in [0.2, 0.25) is 0 Å². The smallest absolute Gasteiger partial charge is 0.268 e. The number of imide groups is 3. The maximum atomic E-state index is 12.3. The SMILES string of the molecule is COc1ccc2c(c1)C(=O)N(C(=O)c1ccccc1)C2=O. The van der Waals surface area contributed by atoms with E-state index in [2.05, 4.69) is 0 Å². The van der Waals surface area contributed by atoms with Crippen LogP contribution in [0.5, 0.6) is 5.75 Å². The molecule has 3 amide bonds. The van der Waals surface area contributed by atoms with E-state index in [1.165, 1.54) is 19.2 Å². The molecule has 0 spiro atoms. The highest BCUT2D eigenvalue weighted by molar-refractivity contribution is 6.31. The Morgan fingerprint density at radius 3 is 2.29 bits per heavy atom. The van der Waals surface area contributed by atoms with E-state index >= 15 is 0 Å². The Morgan fingerprint density at radius 2 is 1.62 bits per heavy atom. The van der Waals surface area contributed by atoms with Crippen LogP contribution in [0.15, 0.2) is 48.5 Å². The van der Waals surface area contributed by atoms with Crippen LogP contribution in [0, 0.1) is 0 Å². The highest BCUT2D eigenvalue weighted by atomic mass is 16.5. The molecule has 0 saturated carbocycles. The third-order valence-corrected chi connectivity index (χ3v) is 3.32. The molecule has 5 heteroatoms. The molecule has 0 aromatic heterocycles. The number of carbonyl (C=O) groups excluding carboxylic acids is 3. The van der Waals surface area contributed by atoms with E-state index in [0.29, 0.717) is 16.2 Å². The van der Waals surface area contributed by atoms with Crippen molar-refractivity contribution in [1.29, 1.82) is 0 Å². The summed E-state index contributed by atoms with van der Waals surface area (Å²) in [7, 11) is 1.47. The van der Waals surface area contributed by atoms with Crippen molar-refractivity contribution in [2.45, 2.75) is 0 Å². The first kappa shape index (κ1) is 13.1. The van der Waals surface area contributed by atoms with E-state index in [-0.39, 0.29) is 11.1 Å². The van der Waals surface area contributed by atoms with Crippen molar-refractivity contribution < 1.29 is 19.1 Å². The van der Waals surface area contributed by atoms with Crippen LogP contribution in [0.4, 0.5) is 0 Å². The van der Waals surface area contributed by atoms with Gasteiger partial charge < -0.3 is 4.74 Å². The molecule has 0 unspecified atom stereocenters. The zero-order valence-corrected chi connectivity index (χ0v) is 11.2. The van der Waals surface area contributed by atoms with Gasteiger partial charge in [0, 0.05) is 5.56 Å². The van der Waals surface area contributed by atoms with Gasteiger partial charge in [-0.05, 0) is 30.3 Å². The largest absolute Gasteiger partial charge is 0.497 e. The quantitative estimate of drug-likeness (QED) is 0.791. The van der Waals surface area contributed by atoms with Gasteiger partial charge >= 0.3 is 0 Å². The van der Waals surface area contributed by atoms with Gasteiger partial charge in [-0.25, -0.2) is 4.90 Å². The highest BCUT2D eigenvalue weighted by Crippen LogP contribution is 2.27. The minimum atomic E-state index is -0.624. The molecular formula is C16H11NO4. The number of hydrogen-bond acceptors (Lipinski definition) is 4. The van der Waals surface area contributed by atoms with E-state index in [0.717, 1.165) is 0 Å². The van der Waals surface area contributed by atoms with E-state index < -0.39 is 17.7 Å². The molecule has 104 valence electrons. The molecule has 3 rings (SSSR count). The molecule has 2 aromatic carbocycles. The molecule has 5 nitrogen and oxygen atoms in total. The predicted molar refractivity (Wildman–Crippen MR) is 74.3 cm³/mol. The van der Waals surface area contributed by atoms with Gasteiger partial charge in [0.25, 0.3) is 17.7 Å². The first-order chi connectivity index (χ1) is 10.1. The molecule has 0 bridgehead atoms. The van der Waals surface area contributed by atoms with Crippen molar-refractivity contribution in [3.63, 3.8) is 0 Å². The fourth-order valence-corrected chi connectivity index (χ4v) is 2.24. The number of amides is 3. The summed E-state index contributed by atoms with van der Waals surface area (Å²) in [5.74, 6) is -1.39. The van der Waals surface area contributed by atoms with E-state index in [1.807, 2.05) is 0 Å². The molecule has 1 heterocycles. The monoisotopic (exact) mass is 281 g/mol. The molecule has 0 N–H and O–H groups in total. The van der Waals surface area contributed by atoms with Gasteiger partial charge in [-0.3, -0.25) is 14.4 Å². The third-order valence-electron chi connectivity index (χ3n) is 3.32. The number of nitrogens with zero attached hydrogens (tertiary/aromatic N) is 1. The molecule has 0 aliphatic carbocycles. The minimum Gasteiger partial charge on any atom is -0.497 e. The van der Waals surface area contributed by atoms with Crippen LogP contribution >= 0.6 is 0 Å². The number of ether oxygens (including phenoxy) is 1. The molecule has 2 aromatic rings. The molecule has 0 radical (unpaired) electrons. The van der Waals surface area contributed by atoms with Crippen LogP contribution in [0.2, 0.25) is 0 Å². The second-order valence-electron chi connectivity index (χ2n) is 4.53. The van der Waals surface area contributed by atoms with Gasteiger partial charge in [-0.15, -0.1) is 0 Å². The van der Waals surface area contributed by atoms with Crippen molar-refractivity contribution in [2.24, 2.45) is 0 Å². The van der Waals surface area contributed by atoms with Gasteiger partial charge in [0.15, 0.2) is 0 Å². The Labute approximate surface area is 120 Å². The Bertz CT molecular complexity index is 752. The Kier molecular flexibility index (Phi) is 3.02. The topological polar surface area (TPSA) is 63.7 Å². The Balaban J connectivity index is 2.02. The molecule has 21 heavy (non-hydrogen) atoms. The zero-order chi connectivity index (χ0) is 15.0. The van der Waals surface area contributed by atoms with Crippen LogP contribution in [0.1, 0.15) is 31.1 Å². The lowest BCUT2D eigenvalue weighted by Gasteiger charge is -2.11. The second kappa shape index (κ2) is 4.86. The average molecular weight is 281 g/mol. The predicted octanol–water partition coefficient (Wildman–Crippen LogP) is 2.13. The summed E-state index contributed by atoms with van der Waals surface area (Å²) in [5, 5.41) is 0. The lowest BCUT2D eigenvalue weighted by Crippen LogP contribution is -2.36. The normalized spacial score (nSPS) is 13.3. The lowest BCUT2D eigenvalue weighted by molar-refractivity contribution is 0.0566. The first-order valence-corrected chi connectivity index (χ1v) is 6.29. The van der Waals surface area contributed by atoms with Gasteiger partial charge in [-0.1, -0.05) is 18.2 Å². The van der Waals surface area contributed by atoms with Crippen LogP contribution < -0.4 is 4.74 Å². The van der Waals surface area contributed by atoms with Crippen molar-refractivity contribution in [3.8, 4) is 5.75 Å². The number of methoxy groups -OCH3 is 1. The summed E-state index contributed by atoms with van der Waals surface area (Å²) in [4.78, 5) is 37.6. The van der Waals surface area contributed by atoms with Crippen molar-refractivity contribution >= 4 is 17.7 Å². The number of hydrogen-bond donors (Lipinski definition) is 0. The van der Waals surface area contributed by atoms with E-state index in [4.69, 9.17) is 4.74 Å². The maximum absolute atomic E-state index is 12.3. The number of carbonyl (C=O) groups is 3. The molecule has 1 aliphatic heterocycles. The number of benzene rings is 2. The first-order valence-electron chi connectivity index (χ1n) is 6.29. The molecule has 0 saturated heterocycles. The standard InChI is InChI=1S/C16H11NO4/c1-21-11-7-8-12-13(9-11)16(20)17(15(12)19)14(18)10-5-3-2-4-6-10/h2-9H,1H3. The number of rotatable bonds is 2. The van der Waals surface area contributed by atoms with E-state index in [9.17, 15) is 14.4 Å². The minimum absolute atomic E-state index is 0.184.